The van der Waals surface area contributed by atoms with Gasteiger partial charge in [-0.3, -0.25) is 4.98 Å². The van der Waals surface area contributed by atoms with E-state index in [1.54, 1.807) is 7.11 Å². The van der Waals surface area contributed by atoms with Crippen molar-refractivity contribution in [2.45, 2.75) is 25.9 Å². The lowest BCUT2D eigenvalue weighted by Gasteiger charge is -2.29. The number of aromatic nitrogens is 2. The Hall–Kier alpha value is -4.86. The van der Waals surface area contributed by atoms with E-state index in [1.165, 1.54) is 16.9 Å². The molecule has 0 radical (unpaired) electrons. The van der Waals surface area contributed by atoms with Crippen LogP contribution in [0.25, 0.3) is 5.69 Å². The fraction of sp³-hybridized carbons (Fsp3) is 0.243. The van der Waals surface area contributed by atoms with E-state index in [9.17, 15) is 0 Å². The standard InChI is InChI=1S/C37H37N5O3S/c1-25-24-33(26(2)41(25)28-9-7-27(8-10-28)40-20-22-44-23-21-40)36-35(34-6-4-5-19-38-34)39-37(46)42(36)29-11-13-31(14-12-29)45-32-17-15-30(43-3)16-18-32/h4-19,24,35-36H,20-23H2,1-3H3,(H,39,46)/t35-,36-/m1/s1. The molecular formula is C37H37N5O3S. The Kier molecular flexibility index (Phi) is 8.34. The number of thiocarbonyl (C=S) groups is 1. The maximum Gasteiger partial charge on any atom is 0.174 e. The summed E-state index contributed by atoms with van der Waals surface area (Å²) in [5.41, 5.74) is 7.79. The van der Waals surface area contributed by atoms with E-state index in [4.69, 9.17) is 31.4 Å². The molecule has 0 unspecified atom stereocenters. The highest BCUT2D eigenvalue weighted by Crippen LogP contribution is 2.44. The number of ether oxygens (including phenoxy) is 3. The van der Waals surface area contributed by atoms with Gasteiger partial charge in [0.2, 0.25) is 0 Å². The molecule has 8 nitrogen and oxygen atoms in total. The van der Waals surface area contributed by atoms with E-state index < -0.39 is 0 Å². The zero-order valence-corrected chi connectivity index (χ0v) is 27.0. The van der Waals surface area contributed by atoms with Crippen molar-refractivity contribution in [1.29, 1.82) is 0 Å². The average molecular weight is 632 g/mol. The third kappa shape index (κ3) is 5.79. The summed E-state index contributed by atoms with van der Waals surface area (Å²) in [4.78, 5) is 9.33. The number of hydrogen-bond donors (Lipinski definition) is 1. The van der Waals surface area contributed by atoms with Crippen molar-refractivity contribution in [2.75, 3.05) is 43.2 Å². The number of aryl methyl sites for hydroxylation is 1. The van der Waals surface area contributed by atoms with Crippen LogP contribution in [0.2, 0.25) is 0 Å². The molecule has 1 N–H and O–H groups in total. The smallest absolute Gasteiger partial charge is 0.174 e. The quantitative estimate of drug-likeness (QED) is 0.179. The first kappa shape index (κ1) is 29.8. The number of nitrogens with one attached hydrogen (secondary N) is 1. The Balaban J connectivity index is 1.22. The second-order valence-electron chi connectivity index (χ2n) is 11.5. The Bertz CT molecular complexity index is 1800. The lowest BCUT2D eigenvalue weighted by molar-refractivity contribution is 0.122. The molecule has 234 valence electrons. The van der Waals surface area contributed by atoms with Crippen LogP contribution in [-0.4, -0.2) is 48.1 Å². The van der Waals surface area contributed by atoms with Crippen LogP contribution in [-0.2, 0) is 4.74 Å². The first-order valence-corrected chi connectivity index (χ1v) is 16.0. The Morgan fingerprint density at radius 1 is 0.804 bits per heavy atom. The summed E-state index contributed by atoms with van der Waals surface area (Å²) in [6.45, 7) is 7.73. The fourth-order valence-electron chi connectivity index (χ4n) is 6.52. The predicted octanol–water partition coefficient (Wildman–Crippen LogP) is 7.30. The molecule has 2 aliphatic heterocycles. The first-order valence-electron chi connectivity index (χ1n) is 15.5. The van der Waals surface area contributed by atoms with Crippen LogP contribution in [0, 0.1) is 13.8 Å². The molecule has 0 bridgehead atoms. The topological polar surface area (TPSA) is 64.0 Å². The molecule has 0 spiro atoms. The molecule has 0 aliphatic carbocycles. The zero-order valence-electron chi connectivity index (χ0n) is 26.2. The molecule has 7 rings (SSSR count). The molecule has 4 heterocycles. The Morgan fingerprint density at radius 2 is 1.43 bits per heavy atom. The summed E-state index contributed by atoms with van der Waals surface area (Å²) >= 11 is 6.01. The minimum Gasteiger partial charge on any atom is -0.497 e. The number of morpholine rings is 1. The molecule has 2 fully saturated rings. The summed E-state index contributed by atoms with van der Waals surface area (Å²) in [5, 5.41) is 4.26. The van der Waals surface area contributed by atoms with Gasteiger partial charge in [-0.25, -0.2) is 0 Å². The number of hydrogen-bond acceptors (Lipinski definition) is 6. The van der Waals surface area contributed by atoms with Gasteiger partial charge in [0.15, 0.2) is 5.11 Å². The van der Waals surface area contributed by atoms with Gasteiger partial charge in [0.1, 0.15) is 17.2 Å². The van der Waals surface area contributed by atoms with E-state index in [-0.39, 0.29) is 12.1 Å². The van der Waals surface area contributed by atoms with Crippen molar-refractivity contribution in [3.05, 3.63) is 126 Å². The first-order chi connectivity index (χ1) is 22.5. The Morgan fingerprint density at radius 3 is 2.09 bits per heavy atom. The summed E-state index contributed by atoms with van der Waals surface area (Å²) in [5.74, 6) is 2.27. The van der Waals surface area contributed by atoms with Crippen LogP contribution >= 0.6 is 12.2 Å². The van der Waals surface area contributed by atoms with E-state index in [2.05, 4.69) is 82.1 Å². The minimum absolute atomic E-state index is 0.122. The molecule has 0 saturated carbocycles. The molecule has 46 heavy (non-hydrogen) atoms. The summed E-state index contributed by atoms with van der Waals surface area (Å²) in [7, 11) is 1.65. The summed E-state index contributed by atoms with van der Waals surface area (Å²) in [6.07, 6.45) is 1.84. The monoisotopic (exact) mass is 631 g/mol. The van der Waals surface area contributed by atoms with Gasteiger partial charge in [0.25, 0.3) is 0 Å². The van der Waals surface area contributed by atoms with Crippen molar-refractivity contribution in [2.24, 2.45) is 0 Å². The maximum absolute atomic E-state index is 6.11. The lowest BCUT2D eigenvalue weighted by Crippen LogP contribution is -2.36. The van der Waals surface area contributed by atoms with Gasteiger partial charge >= 0.3 is 0 Å². The van der Waals surface area contributed by atoms with E-state index in [1.807, 2.05) is 54.7 Å². The van der Waals surface area contributed by atoms with Crippen LogP contribution in [0.3, 0.4) is 0 Å². The van der Waals surface area contributed by atoms with Gasteiger partial charge in [-0.15, -0.1) is 0 Å². The van der Waals surface area contributed by atoms with E-state index >= 15 is 0 Å². The number of nitrogens with zero attached hydrogens (tertiary/aromatic N) is 4. The van der Waals surface area contributed by atoms with Crippen LogP contribution in [0.5, 0.6) is 17.2 Å². The average Bonchev–Trinajstić information content (AvgIpc) is 3.60. The molecule has 2 aromatic heterocycles. The number of rotatable bonds is 8. The maximum atomic E-state index is 6.11. The Labute approximate surface area is 275 Å². The van der Waals surface area contributed by atoms with Gasteiger partial charge in [-0.2, -0.15) is 0 Å². The van der Waals surface area contributed by atoms with Gasteiger partial charge < -0.3 is 33.9 Å². The van der Waals surface area contributed by atoms with Crippen LogP contribution < -0.4 is 24.6 Å². The van der Waals surface area contributed by atoms with Crippen molar-refractivity contribution < 1.29 is 14.2 Å². The van der Waals surface area contributed by atoms with Crippen LogP contribution in [0.4, 0.5) is 11.4 Å². The molecule has 0 amide bonds. The van der Waals surface area contributed by atoms with Crippen LogP contribution in [0.1, 0.15) is 34.7 Å². The van der Waals surface area contributed by atoms with E-state index in [0.29, 0.717) is 5.11 Å². The van der Waals surface area contributed by atoms with Gasteiger partial charge in [0.05, 0.1) is 38.1 Å². The lowest BCUT2D eigenvalue weighted by atomic mass is 9.96. The largest absolute Gasteiger partial charge is 0.497 e. The van der Waals surface area contributed by atoms with Gasteiger partial charge in [-0.05, 0) is 123 Å². The molecule has 2 saturated heterocycles. The van der Waals surface area contributed by atoms with Crippen molar-refractivity contribution in [3.63, 3.8) is 0 Å². The highest BCUT2D eigenvalue weighted by atomic mass is 32.1. The van der Waals surface area contributed by atoms with Gasteiger partial charge in [0, 0.05) is 47.7 Å². The molecule has 3 aromatic carbocycles. The number of benzene rings is 3. The van der Waals surface area contributed by atoms with Crippen molar-refractivity contribution in [1.82, 2.24) is 14.9 Å². The summed E-state index contributed by atoms with van der Waals surface area (Å²) < 4.78 is 19.3. The molecule has 9 heteroatoms. The fourth-order valence-corrected chi connectivity index (χ4v) is 6.87. The highest BCUT2D eigenvalue weighted by molar-refractivity contribution is 7.80. The molecule has 5 aromatic rings. The normalized spacial score (nSPS) is 18.0. The number of methoxy groups -OCH3 is 1. The number of pyridine rings is 1. The summed E-state index contributed by atoms with van der Waals surface area (Å²) in [6, 6.07) is 32.5. The third-order valence-electron chi connectivity index (χ3n) is 8.78. The zero-order chi connectivity index (χ0) is 31.6. The molecule has 2 aliphatic rings. The molecular weight excluding hydrogens is 595 g/mol. The van der Waals surface area contributed by atoms with Crippen molar-refractivity contribution >= 4 is 28.7 Å². The SMILES string of the molecule is COc1ccc(Oc2ccc(N3C(=S)N[C@H](c4ccccn4)[C@H]3c3cc(C)n(-c4ccc(N5CCOCC5)cc4)c3C)cc2)cc1. The third-order valence-corrected chi connectivity index (χ3v) is 9.10. The minimum atomic E-state index is -0.137. The highest BCUT2D eigenvalue weighted by Gasteiger charge is 2.42. The predicted molar refractivity (Wildman–Crippen MR) is 186 cm³/mol. The van der Waals surface area contributed by atoms with Crippen LogP contribution in [0.15, 0.2) is 103 Å². The van der Waals surface area contributed by atoms with Crippen molar-refractivity contribution in [3.8, 4) is 22.9 Å². The second-order valence-corrected chi connectivity index (χ2v) is 11.9. The molecule has 2 atom stereocenters. The second kappa shape index (κ2) is 12.9. The van der Waals surface area contributed by atoms with E-state index in [0.717, 1.165) is 66.3 Å². The van der Waals surface area contributed by atoms with Gasteiger partial charge in [-0.1, -0.05) is 6.07 Å². The number of anilines is 2.